The number of allylic oxidation sites excluding steroid dienone is 13. The molecule has 2 saturated heterocycles. The van der Waals surface area contributed by atoms with Crippen LogP contribution in [0.15, 0.2) is 85.1 Å². The third-order valence-corrected chi connectivity index (χ3v) is 17.6. The van der Waals surface area contributed by atoms with Crippen molar-refractivity contribution in [2.45, 2.75) is 370 Å². The topological polar surface area (TPSA) is 228 Å². The Morgan fingerprint density at radius 1 is 0.411 bits per heavy atom. The molecule has 12 unspecified atom stereocenters. The molecule has 0 aromatic carbocycles. The van der Waals surface area contributed by atoms with Crippen molar-refractivity contribution in [1.82, 2.24) is 5.32 Å². The first-order valence-electron chi connectivity index (χ1n) is 36.8. The lowest BCUT2D eigenvalue weighted by Gasteiger charge is -2.46. The van der Waals surface area contributed by atoms with Crippen LogP contribution >= 0.6 is 0 Å². The zero-order valence-electron chi connectivity index (χ0n) is 56.9. The third kappa shape index (κ3) is 43.2. The average Bonchev–Trinajstić information content (AvgIpc) is 1.58. The molecular formula is C76H135NO13. The lowest BCUT2D eigenvalue weighted by molar-refractivity contribution is -0.359. The van der Waals surface area contributed by atoms with Crippen molar-refractivity contribution in [3.8, 4) is 0 Å². The highest BCUT2D eigenvalue weighted by Gasteiger charge is 2.51. The summed E-state index contributed by atoms with van der Waals surface area (Å²) in [6.07, 6.45) is 66.4. The molecule has 0 aromatic rings. The predicted molar refractivity (Wildman–Crippen MR) is 369 cm³/mol. The van der Waals surface area contributed by atoms with E-state index in [1.54, 1.807) is 6.08 Å². The molecule has 2 aliphatic heterocycles. The minimum atomic E-state index is -1.79. The number of aliphatic hydroxyl groups is 8. The van der Waals surface area contributed by atoms with Crippen LogP contribution in [0.1, 0.15) is 296 Å². The Morgan fingerprint density at radius 2 is 0.767 bits per heavy atom. The number of aliphatic hydroxyl groups excluding tert-OH is 8. The minimum absolute atomic E-state index is 0.237. The first-order valence-corrected chi connectivity index (χ1v) is 36.8. The van der Waals surface area contributed by atoms with Gasteiger partial charge in [0.25, 0.3) is 0 Å². The Balaban J connectivity index is 1.61. The second-order valence-corrected chi connectivity index (χ2v) is 25.7. The van der Waals surface area contributed by atoms with Gasteiger partial charge in [-0.25, -0.2) is 0 Å². The van der Waals surface area contributed by atoms with Crippen LogP contribution in [-0.2, 0) is 23.7 Å². The fraction of sp³-hybridized carbons (Fsp3) is 0.803. The van der Waals surface area contributed by atoms with Gasteiger partial charge in [-0.15, -0.1) is 0 Å². The second kappa shape index (κ2) is 59.9. The number of hydrogen-bond donors (Lipinski definition) is 9. The number of unbranched alkanes of at least 4 members (excludes halogenated alkanes) is 35. The fourth-order valence-corrected chi connectivity index (χ4v) is 11.8. The smallest absolute Gasteiger partial charge is 0.220 e. The van der Waals surface area contributed by atoms with Gasteiger partial charge >= 0.3 is 0 Å². The highest BCUT2D eigenvalue weighted by atomic mass is 16.7. The van der Waals surface area contributed by atoms with Crippen molar-refractivity contribution < 1.29 is 64.6 Å². The van der Waals surface area contributed by atoms with Gasteiger partial charge < -0.3 is 65.1 Å². The SMILES string of the molecule is CC/C=C\C/C=C\C/C=C\C/C=C\C/C=C\C/C=C\CCCCCCCCCCCCCCCCCCCCC(=O)NC(COC1OC(CO)C(OC2OC(CO)C(O)C(O)C2O)C(O)C1O)C(O)/C=C/CCCCCCCCCCCCCCCCCCC. The highest BCUT2D eigenvalue weighted by molar-refractivity contribution is 5.76. The van der Waals surface area contributed by atoms with E-state index in [9.17, 15) is 45.6 Å². The summed E-state index contributed by atoms with van der Waals surface area (Å²) in [6.45, 7) is 2.71. The highest BCUT2D eigenvalue weighted by Crippen LogP contribution is 2.30. The quantitative estimate of drug-likeness (QED) is 0.0204. The summed E-state index contributed by atoms with van der Waals surface area (Å²) in [4.78, 5) is 13.3. The lowest BCUT2D eigenvalue weighted by atomic mass is 9.97. The number of amides is 1. The normalized spacial score (nSPS) is 23.4. The van der Waals surface area contributed by atoms with E-state index in [2.05, 4.69) is 92.1 Å². The molecule has 0 aliphatic carbocycles. The zero-order valence-corrected chi connectivity index (χ0v) is 56.9. The molecule has 2 aliphatic rings. The largest absolute Gasteiger partial charge is 0.394 e. The maximum atomic E-state index is 13.3. The number of carbonyl (C=O) groups is 1. The molecule has 2 rings (SSSR count). The molecule has 1 amide bonds. The summed E-state index contributed by atoms with van der Waals surface area (Å²) >= 11 is 0. The van der Waals surface area contributed by atoms with Crippen molar-refractivity contribution in [3.63, 3.8) is 0 Å². The molecule has 0 aromatic heterocycles. The molecule has 0 saturated carbocycles. The summed E-state index contributed by atoms with van der Waals surface area (Å²) in [5.41, 5.74) is 0. The molecule has 2 fully saturated rings. The standard InChI is InChI=1S/C76H135NO13/c1-3-5-7-9-11-13-15-17-19-21-23-24-25-26-27-28-29-30-31-32-33-34-35-36-37-38-39-40-42-44-46-48-50-52-54-56-58-60-68(81)77-64(65(80)59-57-55-53-51-49-47-45-43-41-22-20-18-16-14-12-10-8-6-4-2)63-87-75-73(86)71(84)74(67(62-79)89-75)90-76-72(85)70(83)69(82)66(61-78)88-76/h5,7,11,13,17,19,23-24,26-27,29-30,57,59,64-67,69-76,78-80,82-86H,3-4,6,8-10,12,14-16,18,20-22,25,28,31-56,58,60-63H2,1-2H3,(H,77,81)/b7-5-,13-11-,19-17-,24-23-,27-26-,30-29-,59-57+. The number of hydrogen-bond acceptors (Lipinski definition) is 13. The Bertz CT molecular complexity index is 1830. The van der Waals surface area contributed by atoms with E-state index in [1.807, 2.05) is 6.08 Å². The van der Waals surface area contributed by atoms with Gasteiger partial charge in [0.05, 0.1) is 32.0 Å². The van der Waals surface area contributed by atoms with Gasteiger partial charge in [0.2, 0.25) is 5.91 Å². The minimum Gasteiger partial charge on any atom is -0.394 e. The van der Waals surface area contributed by atoms with E-state index in [0.717, 1.165) is 77.0 Å². The third-order valence-electron chi connectivity index (χ3n) is 17.6. The predicted octanol–water partition coefficient (Wildman–Crippen LogP) is 15.6. The van der Waals surface area contributed by atoms with Crippen LogP contribution in [0, 0.1) is 0 Å². The molecule has 0 spiro atoms. The van der Waals surface area contributed by atoms with Gasteiger partial charge in [-0.05, 0) is 70.6 Å². The van der Waals surface area contributed by atoms with Gasteiger partial charge in [0, 0.05) is 6.42 Å². The van der Waals surface area contributed by atoms with E-state index in [1.165, 1.54) is 193 Å². The molecule has 90 heavy (non-hydrogen) atoms. The maximum Gasteiger partial charge on any atom is 0.220 e. The van der Waals surface area contributed by atoms with Gasteiger partial charge in [-0.1, -0.05) is 304 Å². The van der Waals surface area contributed by atoms with Crippen molar-refractivity contribution in [2.75, 3.05) is 19.8 Å². The molecule has 0 radical (unpaired) electrons. The van der Waals surface area contributed by atoms with Gasteiger partial charge in [-0.3, -0.25) is 4.79 Å². The van der Waals surface area contributed by atoms with Crippen LogP contribution in [0.2, 0.25) is 0 Å². The molecule has 522 valence electrons. The first kappa shape index (κ1) is 83.3. The first-order chi connectivity index (χ1) is 44.1. The Hall–Kier alpha value is -2.83. The average molecular weight is 1270 g/mol. The molecule has 14 heteroatoms. The Labute approximate surface area is 548 Å². The van der Waals surface area contributed by atoms with Gasteiger partial charge in [0.15, 0.2) is 12.6 Å². The monoisotopic (exact) mass is 1270 g/mol. The number of carbonyl (C=O) groups excluding carboxylic acids is 1. The van der Waals surface area contributed by atoms with Crippen LogP contribution in [0.4, 0.5) is 0 Å². The molecule has 2 heterocycles. The molecule has 14 nitrogen and oxygen atoms in total. The molecule has 12 atom stereocenters. The molecular weight excluding hydrogens is 1130 g/mol. The van der Waals surface area contributed by atoms with Crippen LogP contribution < -0.4 is 5.32 Å². The van der Waals surface area contributed by atoms with Crippen LogP contribution in [0.3, 0.4) is 0 Å². The molecule has 0 bridgehead atoms. The van der Waals surface area contributed by atoms with E-state index in [0.29, 0.717) is 6.42 Å². The molecule has 9 N–H and O–H groups in total. The lowest BCUT2D eigenvalue weighted by Crippen LogP contribution is -2.65. The summed E-state index contributed by atoms with van der Waals surface area (Å²) in [5.74, 6) is -0.237. The summed E-state index contributed by atoms with van der Waals surface area (Å²) in [7, 11) is 0. The van der Waals surface area contributed by atoms with Crippen molar-refractivity contribution in [3.05, 3.63) is 85.1 Å². The summed E-state index contributed by atoms with van der Waals surface area (Å²) < 4.78 is 22.9. The fourth-order valence-electron chi connectivity index (χ4n) is 11.8. The van der Waals surface area contributed by atoms with E-state index in [4.69, 9.17) is 18.9 Å². The van der Waals surface area contributed by atoms with Crippen molar-refractivity contribution in [2.24, 2.45) is 0 Å². The van der Waals surface area contributed by atoms with Gasteiger partial charge in [0.1, 0.15) is 48.8 Å². The van der Waals surface area contributed by atoms with Crippen LogP contribution in [0.5, 0.6) is 0 Å². The Morgan fingerprint density at radius 3 is 1.18 bits per heavy atom. The van der Waals surface area contributed by atoms with Gasteiger partial charge in [-0.2, -0.15) is 0 Å². The number of rotatable bonds is 60. The summed E-state index contributed by atoms with van der Waals surface area (Å²) in [6, 6.07) is -0.918. The number of nitrogens with one attached hydrogen (secondary N) is 1. The van der Waals surface area contributed by atoms with E-state index >= 15 is 0 Å². The van der Waals surface area contributed by atoms with Crippen molar-refractivity contribution >= 4 is 5.91 Å². The number of ether oxygens (including phenoxy) is 4. The Kier molecular flexibility index (Phi) is 55.4. The summed E-state index contributed by atoms with van der Waals surface area (Å²) in [5, 5.41) is 87.5. The van der Waals surface area contributed by atoms with Crippen LogP contribution in [-0.4, -0.2) is 140 Å². The second-order valence-electron chi connectivity index (χ2n) is 25.7. The van der Waals surface area contributed by atoms with E-state index < -0.39 is 86.8 Å². The zero-order chi connectivity index (χ0) is 65.2. The van der Waals surface area contributed by atoms with Crippen molar-refractivity contribution in [1.29, 1.82) is 0 Å². The maximum absolute atomic E-state index is 13.3. The van der Waals surface area contributed by atoms with Crippen LogP contribution in [0.25, 0.3) is 0 Å². The van der Waals surface area contributed by atoms with E-state index in [-0.39, 0.29) is 18.9 Å².